The van der Waals surface area contributed by atoms with Gasteiger partial charge in [-0.2, -0.15) is 0 Å². The van der Waals surface area contributed by atoms with Crippen molar-refractivity contribution in [3.05, 3.63) is 34.7 Å². The molecular formula is C17H25N3O2. The molecule has 0 bridgehead atoms. The minimum Gasteiger partial charge on any atom is -0.341 e. The Labute approximate surface area is 131 Å². The van der Waals surface area contributed by atoms with Crippen LogP contribution in [0.5, 0.6) is 0 Å². The summed E-state index contributed by atoms with van der Waals surface area (Å²) in [5, 5.41) is 0. The van der Waals surface area contributed by atoms with Crippen molar-refractivity contribution in [2.75, 3.05) is 7.05 Å². The van der Waals surface area contributed by atoms with E-state index >= 15 is 0 Å². The van der Waals surface area contributed by atoms with Gasteiger partial charge < -0.3 is 4.90 Å². The van der Waals surface area contributed by atoms with Gasteiger partial charge in [-0.1, -0.05) is 26.0 Å². The van der Waals surface area contributed by atoms with E-state index in [9.17, 15) is 9.59 Å². The Kier molecular flexibility index (Phi) is 4.74. The lowest BCUT2D eigenvalue weighted by atomic mass is 10.0. The number of fused-ring (bicyclic) bond motifs is 1. The number of nitrogens with zero attached hydrogens (tertiary/aromatic N) is 3. The first-order chi connectivity index (χ1) is 10.3. The van der Waals surface area contributed by atoms with Crippen molar-refractivity contribution in [2.24, 2.45) is 13.0 Å². The average Bonchev–Trinajstić information content (AvgIpc) is 2.71. The lowest BCUT2D eigenvalue weighted by Crippen LogP contribution is -2.39. The van der Waals surface area contributed by atoms with Crippen molar-refractivity contribution in [3.8, 4) is 0 Å². The maximum Gasteiger partial charge on any atom is 0.329 e. The Morgan fingerprint density at radius 1 is 1.18 bits per heavy atom. The number of aryl methyl sites for hydroxylation is 1. The zero-order valence-corrected chi connectivity index (χ0v) is 14.0. The average molecular weight is 303 g/mol. The number of amides is 1. The second kappa shape index (κ2) is 6.38. The predicted octanol–water partition coefficient (Wildman–Crippen LogP) is 2.23. The first kappa shape index (κ1) is 16.3. The van der Waals surface area contributed by atoms with Crippen molar-refractivity contribution < 1.29 is 4.79 Å². The minimum atomic E-state index is -0.153. The van der Waals surface area contributed by atoms with Crippen LogP contribution < -0.4 is 5.69 Å². The smallest absolute Gasteiger partial charge is 0.329 e. The number of hydrogen-bond donors (Lipinski definition) is 0. The molecule has 0 unspecified atom stereocenters. The summed E-state index contributed by atoms with van der Waals surface area (Å²) in [6.07, 6.45) is 0.951. The standard InChI is InChI=1S/C17H25N3O2/c1-12(2)10-13(3)18(4)16(21)11-20-15-9-7-6-8-14(15)19(5)17(20)22/h6-9,12-13H,10-11H2,1-5H3/t13-/m1/s1. The van der Waals surface area contributed by atoms with Crippen LogP contribution in [0.1, 0.15) is 27.2 Å². The number of aromatic nitrogens is 2. The second-order valence-electron chi connectivity index (χ2n) is 6.40. The van der Waals surface area contributed by atoms with Gasteiger partial charge in [0.25, 0.3) is 0 Å². The number of imidazole rings is 1. The molecule has 5 nitrogen and oxygen atoms in total. The van der Waals surface area contributed by atoms with Crippen molar-refractivity contribution in [3.63, 3.8) is 0 Å². The fourth-order valence-corrected chi connectivity index (χ4v) is 2.85. The maximum atomic E-state index is 12.5. The summed E-state index contributed by atoms with van der Waals surface area (Å²) >= 11 is 0. The Morgan fingerprint density at radius 3 is 2.36 bits per heavy atom. The molecule has 0 saturated heterocycles. The predicted molar refractivity (Wildman–Crippen MR) is 88.9 cm³/mol. The van der Waals surface area contributed by atoms with E-state index in [0.717, 1.165) is 17.5 Å². The highest BCUT2D eigenvalue weighted by Crippen LogP contribution is 2.13. The number of hydrogen-bond acceptors (Lipinski definition) is 2. The molecular weight excluding hydrogens is 278 g/mol. The molecule has 22 heavy (non-hydrogen) atoms. The summed E-state index contributed by atoms with van der Waals surface area (Å²) in [6.45, 7) is 6.41. The van der Waals surface area contributed by atoms with E-state index in [2.05, 4.69) is 13.8 Å². The van der Waals surface area contributed by atoms with Crippen molar-refractivity contribution in [1.29, 1.82) is 0 Å². The molecule has 1 heterocycles. The molecule has 0 aliphatic heterocycles. The van der Waals surface area contributed by atoms with E-state index in [1.807, 2.05) is 38.2 Å². The molecule has 2 rings (SSSR count). The normalized spacial score (nSPS) is 12.8. The molecule has 0 N–H and O–H groups in total. The van der Waals surface area contributed by atoms with Crippen LogP contribution in [0.4, 0.5) is 0 Å². The Hall–Kier alpha value is -2.04. The highest BCUT2D eigenvalue weighted by atomic mass is 16.2. The molecule has 1 aromatic carbocycles. The molecule has 0 aliphatic carbocycles. The zero-order valence-electron chi connectivity index (χ0n) is 14.0. The number of carbonyl (C=O) groups is 1. The van der Waals surface area contributed by atoms with Gasteiger partial charge in [-0.05, 0) is 31.4 Å². The zero-order chi connectivity index (χ0) is 16.4. The number of rotatable bonds is 5. The van der Waals surface area contributed by atoms with E-state index in [4.69, 9.17) is 0 Å². The Bertz CT molecular complexity index is 727. The summed E-state index contributed by atoms with van der Waals surface area (Å²) in [5.41, 5.74) is 1.49. The van der Waals surface area contributed by atoms with Gasteiger partial charge in [0.2, 0.25) is 5.91 Å². The molecule has 0 aliphatic rings. The third-order valence-corrected chi connectivity index (χ3v) is 4.21. The van der Waals surface area contributed by atoms with Crippen LogP contribution in [0.2, 0.25) is 0 Å². The van der Waals surface area contributed by atoms with Crippen molar-refractivity contribution in [2.45, 2.75) is 39.8 Å². The van der Waals surface area contributed by atoms with E-state index in [0.29, 0.717) is 5.92 Å². The lowest BCUT2D eigenvalue weighted by Gasteiger charge is -2.26. The van der Waals surface area contributed by atoms with Gasteiger partial charge in [-0.25, -0.2) is 4.79 Å². The summed E-state index contributed by atoms with van der Waals surface area (Å²) in [7, 11) is 3.54. The summed E-state index contributed by atoms with van der Waals surface area (Å²) < 4.78 is 3.14. The number of likely N-dealkylation sites (N-methyl/N-ethyl adjacent to an activating group) is 1. The third-order valence-electron chi connectivity index (χ3n) is 4.21. The first-order valence-electron chi connectivity index (χ1n) is 7.72. The van der Waals surface area contributed by atoms with Crippen molar-refractivity contribution >= 4 is 16.9 Å². The van der Waals surface area contributed by atoms with Crippen LogP contribution >= 0.6 is 0 Å². The van der Waals surface area contributed by atoms with Crippen LogP contribution in [0.25, 0.3) is 11.0 Å². The van der Waals surface area contributed by atoms with Gasteiger partial charge >= 0.3 is 5.69 Å². The van der Waals surface area contributed by atoms with Gasteiger partial charge in [0.15, 0.2) is 0 Å². The van der Waals surface area contributed by atoms with Gasteiger partial charge in [0.05, 0.1) is 11.0 Å². The Morgan fingerprint density at radius 2 is 1.77 bits per heavy atom. The lowest BCUT2D eigenvalue weighted by molar-refractivity contribution is -0.132. The monoisotopic (exact) mass is 303 g/mol. The molecule has 5 heteroatoms. The summed E-state index contributed by atoms with van der Waals surface area (Å²) in [6, 6.07) is 7.71. The molecule has 1 atom stereocenters. The number of para-hydroxylation sites is 2. The molecule has 2 aromatic rings. The van der Waals surface area contributed by atoms with Crippen LogP contribution in [0, 0.1) is 5.92 Å². The van der Waals surface area contributed by atoms with Crippen LogP contribution in [-0.4, -0.2) is 33.0 Å². The quantitative estimate of drug-likeness (QED) is 0.850. The molecule has 1 aromatic heterocycles. The van der Waals surface area contributed by atoms with Crippen LogP contribution in [0.3, 0.4) is 0 Å². The molecule has 0 spiro atoms. The fraction of sp³-hybridized carbons (Fsp3) is 0.529. The van der Waals surface area contributed by atoms with Gasteiger partial charge in [0.1, 0.15) is 6.54 Å². The highest BCUT2D eigenvalue weighted by Gasteiger charge is 2.19. The first-order valence-corrected chi connectivity index (χ1v) is 7.72. The van der Waals surface area contributed by atoms with Crippen LogP contribution in [0.15, 0.2) is 29.1 Å². The minimum absolute atomic E-state index is 0.0356. The molecule has 120 valence electrons. The Balaban J connectivity index is 2.26. The van der Waals surface area contributed by atoms with Gasteiger partial charge in [0, 0.05) is 20.1 Å². The van der Waals surface area contributed by atoms with Gasteiger partial charge in [-0.15, -0.1) is 0 Å². The summed E-state index contributed by atoms with van der Waals surface area (Å²) in [5.74, 6) is 0.497. The van der Waals surface area contributed by atoms with Crippen molar-refractivity contribution in [1.82, 2.24) is 14.0 Å². The number of benzene rings is 1. The SMILES string of the molecule is CC(C)C[C@@H](C)N(C)C(=O)Cn1c(=O)n(C)c2ccccc21. The fourth-order valence-electron chi connectivity index (χ4n) is 2.85. The third kappa shape index (κ3) is 3.08. The highest BCUT2D eigenvalue weighted by molar-refractivity contribution is 5.81. The molecule has 0 saturated carbocycles. The number of carbonyl (C=O) groups excluding carboxylic acids is 1. The second-order valence-corrected chi connectivity index (χ2v) is 6.40. The maximum absolute atomic E-state index is 12.5. The van der Waals surface area contributed by atoms with E-state index < -0.39 is 0 Å². The molecule has 0 radical (unpaired) electrons. The van der Waals surface area contributed by atoms with E-state index in [1.54, 1.807) is 21.1 Å². The topological polar surface area (TPSA) is 47.2 Å². The summed E-state index contributed by atoms with van der Waals surface area (Å²) in [4.78, 5) is 26.6. The van der Waals surface area contributed by atoms with Crippen LogP contribution in [-0.2, 0) is 18.4 Å². The largest absolute Gasteiger partial charge is 0.341 e. The van der Waals surface area contributed by atoms with E-state index in [-0.39, 0.29) is 24.2 Å². The van der Waals surface area contributed by atoms with E-state index in [1.165, 1.54) is 0 Å². The van der Waals surface area contributed by atoms with Gasteiger partial charge in [-0.3, -0.25) is 13.9 Å². The molecule has 1 amide bonds. The molecule has 0 fully saturated rings.